The second kappa shape index (κ2) is 6.16. The highest BCUT2D eigenvalue weighted by Crippen LogP contribution is 2.19. The van der Waals surface area contributed by atoms with Gasteiger partial charge in [-0.05, 0) is 32.2 Å². The summed E-state index contributed by atoms with van der Waals surface area (Å²) < 4.78 is 13.2. The maximum absolute atomic E-state index is 13.2. The number of nitrogens with one attached hydrogen (secondary N) is 1. The van der Waals surface area contributed by atoms with E-state index in [0.717, 1.165) is 38.4 Å². The van der Waals surface area contributed by atoms with E-state index in [1.54, 1.807) is 12.1 Å². The molecule has 0 saturated carbocycles. The minimum atomic E-state index is -0.155. The fourth-order valence-electron chi connectivity index (χ4n) is 2.49. The average molecular weight is 251 g/mol. The lowest BCUT2D eigenvalue weighted by atomic mass is 10.1. The van der Waals surface area contributed by atoms with Crippen molar-refractivity contribution in [3.8, 4) is 0 Å². The number of piperazine rings is 1. The van der Waals surface area contributed by atoms with Crippen LogP contribution < -0.4 is 10.2 Å². The van der Waals surface area contributed by atoms with Crippen molar-refractivity contribution in [2.24, 2.45) is 0 Å². The molecule has 18 heavy (non-hydrogen) atoms. The van der Waals surface area contributed by atoms with Crippen molar-refractivity contribution in [2.75, 3.05) is 44.7 Å². The summed E-state index contributed by atoms with van der Waals surface area (Å²) in [5, 5.41) is 3.18. The molecule has 0 aliphatic carbocycles. The van der Waals surface area contributed by atoms with Crippen molar-refractivity contribution in [1.29, 1.82) is 0 Å². The van der Waals surface area contributed by atoms with Crippen LogP contribution in [-0.4, -0.2) is 50.7 Å². The summed E-state index contributed by atoms with van der Waals surface area (Å²) in [6, 6.07) is 7.39. The Labute approximate surface area is 109 Å². The van der Waals surface area contributed by atoms with Crippen LogP contribution >= 0.6 is 0 Å². The summed E-state index contributed by atoms with van der Waals surface area (Å²) in [6.45, 7) is 7.31. The first-order chi connectivity index (χ1) is 8.70. The van der Waals surface area contributed by atoms with Crippen LogP contribution in [0.2, 0.25) is 0 Å². The van der Waals surface area contributed by atoms with Crippen molar-refractivity contribution in [3.05, 3.63) is 30.1 Å². The van der Waals surface area contributed by atoms with Gasteiger partial charge in [0.15, 0.2) is 0 Å². The topological polar surface area (TPSA) is 18.5 Å². The van der Waals surface area contributed by atoms with Gasteiger partial charge >= 0.3 is 0 Å². The molecule has 100 valence electrons. The van der Waals surface area contributed by atoms with E-state index in [1.165, 1.54) is 6.07 Å². The zero-order chi connectivity index (χ0) is 13.0. The summed E-state index contributed by atoms with van der Waals surface area (Å²) in [6.07, 6.45) is 0. The first-order valence-electron chi connectivity index (χ1n) is 6.60. The van der Waals surface area contributed by atoms with Gasteiger partial charge in [-0.1, -0.05) is 6.07 Å². The number of halogens is 1. The SMILES string of the molecule is CNCCN1CCN(c2cccc(F)c2)CC1C. The van der Waals surface area contributed by atoms with Crippen molar-refractivity contribution in [3.63, 3.8) is 0 Å². The molecule has 1 N–H and O–H groups in total. The van der Waals surface area contributed by atoms with Crippen molar-refractivity contribution in [1.82, 2.24) is 10.2 Å². The second-order valence-electron chi connectivity index (χ2n) is 4.91. The van der Waals surface area contributed by atoms with Crippen LogP contribution in [0.25, 0.3) is 0 Å². The number of hydrogen-bond acceptors (Lipinski definition) is 3. The number of likely N-dealkylation sites (N-methyl/N-ethyl adjacent to an activating group) is 1. The quantitative estimate of drug-likeness (QED) is 0.876. The van der Waals surface area contributed by atoms with Crippen LogP contribution in [0.4, 0.5) is 10.1 Å². The first-order valence-corrected chi connectivity index (χ1v) is 6.60. The molecule has 1 fully saturated rings. The highest BCUT2D eigenvalue weighted by molar-refractivity contribution is 5.47. The van der Waals surface area contributed by atoms with Crippen LogP contribution in [0.15, 0.2) is 24.3 Å². The van der Waals surface area contributed by atoms with E-state index in [4.69, 9.17) is 0 Å². The molecule has 0 radical (unpaired) electrons. The van der Waals surface area contributed by atoms with Crippen LogP contribution in [0, 0.1) is 5.82 Å². The molecule has 1 aliphatic rings. The third-order valence-electron chi connectivity index (χ3n) is 3.59. The van der Waals surface area contributed by atoms with Gasteiger partial charge in [-0.25, -0.2) is 4.39 Å². The summed E-state index contributed by atoms with van der Waals surface area (Å²) in [5.74, 6) is -0.155. The molecule has 3 nitrogen and oxygen atoms in total. The van der Waals surface area contributed by atoms with Crippen molar-refractivity contribution >= 4 is 5.69 Å². The van der Waals surface area contributed by atoms with Crippen LogP contribution in [0.5, 0.6) is 0 Å². The molecule has 2 rings (SSSR count). The van der Waals surface area contributed by atoms with E-state index < -0.39 is 0 Å². The molecular formula is C14H22FN3. The van der Waals surface area contributed by atoms with Gasteiger partial charge in [0, 0.05) is 44.5 Å². The van der Waals surface area contributed by atoms with E-state index >= 15 is 0 Å². The fourth-order valence-corrected chi connectivity index (χ4v) is 2.49. The lowest BCUT2D eigenvalue weighted by Crippen LogP contribution is -2.53. The summed E-state index contributed by atoms with van der Waals surface area (Å²) >= 11 is 0. The third-order valence-corrected chi connectivity index (χ3v) is 3.59. The number of anilines is 1. The lowest BCUT2D eigenvalue weighted by Gasteiger charge is -2.41. The smallest absolute Gasteiger partial charge is 0.125 e. The van der Waals surface area contributed by atoms with Crippen LogP contribution in [0.3, 0.4) is 0 Å². The number of benzene rings is 1. The molecule has 0 aromatic heterocycles. The minimum Gasteiger partial charge on any atom is -0.369 e. The van der Waals surface area contributed by atoms with E-state index in [2.05, 4.69) is 22.0 Å². The summed E-state index contributed by atoms with van der Waals surface area (Å²) in [4.78, 5) is 4.75. The Bertz CT molecular complexity index is 383. The third kappa shape index (κ3) is 3.21. The molecule has 0 amide bonds. The van der Waals surface area contributed by atoms with Gasteiger partial charge in [0.1, 0.15) is 5.82 Å². The van der Waals surface area contributed by atoms with E-state index in [9.17, 15) is 4.39 Å². The van der Waals surface area contributed by atoms with E-state index in [1.807, 2.05) is 13.1 Å². The maximum atomic E-state index is 13.2. The number of rotatable bonds is 4. The fraction of sp³-hybridized carbons (Fsp3) is 0.571. The zero-order valence-corrected chi connectivity index (χ0v) is 11.2. The zero-order valence-electron chi connectivity index (χ0n) is 11.2. The normalized spacial score (nSPS) is 21.3. The molecule has 1 aromatic rings. The van der Waals surface area contributed by atoms with Gasteiger partial charge in [-0.3, -0.25) is 4.90 Å². The molecule has 1 heterocycles. The predicted molar refractivity (Wildman–Crippen MR) is 73.6 cm³/mol. The Balaban J connectivity index is 1.95. The van der Waals surface area contributed by atoms with Crippen LogP contribution in [0.1, 0.15) is 6.92 Å². The second-order valence-corrected chi connectivity index (χ2v) is 4.91. The van der Waals surface area contributed by atoms with Crippen molar-refractivity contribution in [2.45, 2.75) is 13.0 Å². The molecule has 4 heteroatoms. The molecule has 1 aromatic carbocycles. The maximum Gasteiger partial charge on any atom is 0.125 e. The van der Waals surface area contributed by atoms with Gasteiger partial charge in [0.2, 0.25) is 0 Å². The van der Waals surface area contributed by atoms with Gasteiger partial charge in [0.25, 0.3) is 0 Å². The molecular weight excluding hydrogens is 229 g/mol. The number of nitrogens with zero attached hydrogens (tertiary/aromatic N) is 2. The van der Waals surface area contributed by atoms with Gasteiger partial charge in [-0.15, -0.1) is 0 Å². The van der Waals surface area contributed by atoms with Crippen LogP contribution in [-0.2, 0) is 0 Å². The van der Waals surface area contributed by atoms with Gasteiger partial charge in [0.05, 0.1) is 0 Å². The highest BCUT2D eigenvalue weighted by Gasteiger charge is 2.23. The first kappa shape index (κ1) is 13.3. The average Bonchev–Trinajstić information content (AvgIpc) is 2.37. The minimum absolute atomic E-state index is 0.155. The Morgan fingerprint density at radius 3 is 2.89 bits per heavy atom. The Morgan fingerprint density at radius 2 is 2.22 bits per heavy atom. The molecule has 0 spiro atoms. The molecule has 1 atom stereocenters. The largest absolute Gasteiger partial charge is 0.369 e. The molecule has 1 saturated heterocycles. The Hall–Kier alpha value is -1.13. The Morgan fingerprint density at radius 1 is 1.39 bits per heavy atom. The molecule has 1 aliphatic heterocycles. The van der Waals surface area contributed by atoms with Crippen molar-refractivity contribution < 1.29 is 4.39 Å². The Kier molecular flexibility index (Phi) is 4.55. The molecule has 1 unspecified atom stereocenters. The summed E-state index contributed by atoms with van der Waals surface area (Å²) in [7, 11) is 1.98. The highest BCUT2D eigenvalue weighted by atomic mass is 19.1. The molecule has 0 bridgehead atoms. The predicted octanol–water partition coefficient (Wildman–Crippen LogP) is 1.56. The monoisotopic (exact) mass is 251 g/mol. The van der Waals surface area contributed by atoms with Gasteiger partial charge in [-0.2, -0.15) is 0 Å². The standard InChI is InChI=1S/C14H22FN3/c1-12-11-18(9-8-17(12)7-6-16-2)14-5-3-4-13(15)10-14/h3-5,10,12,16H,6-9,11H2,1-2H3. The summed E-state index contributed by atoms with van der Waals surface area (Å²) in [5.41, 5.74) is 0.995. The number of hydrogen-bond donors (Lipinski definition) is 1. The lowest BCUT2D eigenvalue weighted by molar-refractivity contribution is 0.191. The van der Waals surface area contributed by atoms with E-state index in [0.29, 0.717) is 6.04 Å². The van der Waals surface area contributed by atoms with E-state index in [-0.39, 0.29) is 5.82 Å². The van der Waals surface area contributed by atoms with Gasteiger partial charge < -0.3 is 10.2 Å².